The smallest absolute Gasteiger partial charge is 0.305 e. The van der Waals surface area contributed by atoms with Crippen molar-refractivity contribution in [2.75, 3.05) is 7.11 Å². The van der Waals surface area contributed by atoms with Gasteiger partial charge in [0.2, 0.25) is 0 Å². The van der Waals surface area contributed by atoms with E-state index < -0.39 is 6.10 Å². The van der Waals surface area contributed by atoms with Gasteiger partial charge in [0.15, 0.2) is 0 Å². The summed E-state index contributed by atoms with van der Waals surface area (Å²) in [5.41, 5.74) is 0. The van der Waals surface area contributed by atoms with Crippen LogP contribution >= 0.6 is 0 Å². The number of carbonyl (C=O) groups excluding carboxylic acids is 1. The number of ether oxygens (including phenoxy) is 1. The fraction of sp³-hybridized carbons (Fsp3) is 0.762. The fourth-order valence-corrected chi connectivity index (χ4v) is 3.46. The molecule has 0 aromatic carbocycles. The van der Waals surface area contributed by atoms with Gasteiger partial charge in [-0.15, -0.1) is 0 Å². The Balaban J connectivity index is 2.33. The van der Waals surface area contributed by atoms with Gasteiger partial charge in [0, 0.05) is 12.3 Å². The van der Waals surface area contributed by atoms with Crippen LogP contribution in [-0.4, -0.2) is 35.5 Å². The van der Waals surface area contributed by atoms with Crippen LogP contribution < -0.4 is 0 Å². The number of methoxy groups -OCH3 is 1. The molecule has 0 radical (unpaired) electrons. The van der Waals surface area contributed by atoms with Gasteiger partial charge >= 0.3 is 5.97 Å². The van der Waals surface area contributed by atoms with Crippen LogP contribution in [0.1, 0.15) is 71.1 Å². The monoisotopic (exact) mass is 352 g/mol. The average Bonchev–Trinajstić information content (AvgIpc) is 2.96. The van der Waals surface area contributed by atoms with Gasteiger partial charge in [0.1, 0.15) is 0 Å². The summed E-state index contributed by atoms with van der Waals surface area (Å²) in [5, 5.41) is 20.2. The molecule has 0 saturated heterocycles. The van der Waals surface area contributed by atoms with Crippen LogP contribution in [0.3, 0.4) is 0 Å². The minimum atomic E-state index is -0.395. The largest absolute Gasteiger partial charge is 0.469 e. The van der Waals surface area contributed by atoms with Crippen molar-refractivity contribution in [1.29, 1.82) is 0 Å². The highest BCUT2D eigenvalue weighted by atomic mass is 16.5. The molecule has 4 heteroatoms. The molecule has 25 heavy (non-hydrogen) atoms. The summed E-state index contributed by atoms with van der Waals surface area (Å²) in [6.07, 6.45) is 16.6. The highest BCUT2D eigenvalue weighted by molar-refractivity contribution is 5.69. The van der Waals surface area contributed by atoms with Crippen LogP contribution in [0.2, 0.25) is 0 Å². The molecule has 0 amide bonds. The standard InChI is InChI=1S/C21H36O4/c1-3-4-7-11-18(22)14-15-19-17(13-16-20(19)23)10-8-5-6-9-12-21(24)25-2/h5,8,14-15,17-20,22-23H,3-4,6-7,9-13,16H2,1-2H3/b8-5-,15-14+/t17-,18?,19?,20?/m0/s1. The van der Waals surface area contributed by atoms with E-state index in [1.54, 1.807) is 0 Å². The van der Waals surface area contributed by atoms with E-state index >= 15 is 0 Å². The number of hydrogen-bond acceptors (Lipinski definition) is 4. The number of unbranched alkanes of at least 4 members (excludes halogenated alkanes) is 3. The van der Waals surface area contributed by atoms with Gasteiger partial charge in [-0.25, -0.2) is 0 Å². The number of rotatable bonds is 12. The number of aliphatic hydroxyl groups excluding tert-OH is 2. The van der Waals surface area contributed by atoms with Crippen LogP contribution in [0.4, 0.5) is 0 Å². The molecule has 4 nitrogen and oxygen atoms in total. The maximum atomic E-state index is 11.0. The highest BCUT2D eigenvalue weighted by Gasteiger charge is 2.32. The van der Waals surface area contributed by atoms with Crippen molar-refractivity contribution in [3.63, 3.8) is 0 Å². The maximum absolute atomic E-state index is 11.0. The highest BCUT2D eigenvalue weighted by Crippen LogP contribution is 2.36. The average molecular weight is 353 g/mol. The van der Waals surface area contributed by atoms with Crippen molar-refractivity contribution < 1.29 is 19.7 Å². The minimum absolute atomic E-state index is 0.139. The van der Waals surface area contributed by atoms with Gasteiger partial charge in [-0.3, -0.25) is 4.79 Å². The van der Waals surface area contributed by atoms with Gasteiger partial charge in [-0.05, 0) is 44.4 Å². The van der Waals surface area contributed by atoms with Crippen molar-refractivity contribution in [2.45, 2.75) is 83.3 Å². The third kappa shape index (κ3) is 9.22. The SMILES string of the molecule is CCCCCC(O)/C=C/C1C(O)CC[C@@H]1C/C=C\CCCC(=O)OC. The predicted octanol–water partition coefficient (Wildman–Crippen LogP) is 4.16. The molecular formula is C21H36O4. The van der Waals surface area contributed by atoms with Crippen LogP contribution in [-0.2, 0) is 9.53 Å². The van der Waals surface area contributed by atoms with E-state index in [2.05, 4.69) is 23.8 Å². The zero-order chi connectivity index (χ0) is 18.5. The molecule has 3 unspecified atom stereocenters. The number of aliphatic hydroxyl groups is 2. The molecule has 1 rings (SSSR count). The Kier molecular flexibility index (Phi) is 11.5. The number of carbonyl (C=O) groups is 1. The summed E-state index contributed by atoms with van der Waals surface area (Å²) < 4.78 is 4.62. The van der Waals surface area contributed by atoms with E-state index in [0.717, 1.165) is 57.8 Å². The third-order valence-corrected chi connectivity index (χ3v) is 5.07. The van der Waals surface area contributed by atoms with Crippen molar-refractivity contribution >= 4 is 5.97 Å². The first-order valence-corrected chi connectivity index (χ1v) is 9.84. The third-order valence-electron chi connectivity index (χ3n) is 5.07. The zero-order valence-electron chi connectivity index (χ0n) is 15.9. The molecule has 1 saturated carbocycles. The summed E-state index contributed by atoms with van der Waals surface area (Å²) in [7, 11) is 1.41. The second-order valence-electron chi connectivity index (χ2n) is 7.11. The van der Waals surface area contributed by atoms with E-state index in [4.69, 9.17) is 0 Å². The van der Waals surface area contributed by atoms with Gasteiger partial charge in [-0.2, -0.15) is 0 Å². The Bertz CT molecular complexity index is 416. The molecule has 0 aromatic rings. The molecule has 0 spiro atoms. The Labute approximate surface area is 153 Å². The molecule has 2 N–H and O–H groups in total. The molecule has 144 valence electrons. The van der Waals surface area contributed by atoms with Crippen molar-refractivity contribution in [2.24, 2.45) is 11.8 Å². The van der Waals surface area contributed by atoms with E-state index in [0.29, 0.717) is 12.3 Å². The van der Waals surface area contributed by atoms with E-state index in [1.165, 1.54) is 7.11 Å². The Morgan fingerprint density at radius 3 is 2.76 bits per heavy atom. The second-order valence-corrected chi connectivity index (χ2v) is 7.11. The van der Waals surface area contributed by atoms with E-state index in [1.807, 2.05) is 12.2 Å². The summed E-state index contributed by atoms with van der Waals surface area (Å²) in [6, 6.07) is 0. The van der Waals surface area contributed by atoms with Gasteiger partial charge in [-0.1, -0.05) is 50.5 Å². The lowest BCUT2D eigenvalue weighted by Gasteiger charge is -2.18. The summed E-state index contributed by atoms with van der Waals surface area (Å²) in [4.78, 5) is 11.0. The van der Waals surface area contributed by atoms with Crippen LogP contribution in [0.15, 0.2) is 24.3 Å². The molecule has 0 aromatic heterocycles. The van der Waals surface area contributed by atoms with Crippen molar-refractivity contribution in [1.82, 2.24) is 0 Å². The van der Waals surface area contributed by atoms with Gasteiger partial charge in [0.05, 0.1) is 19.3 Å². The van der Waals surface area contributed by atoms with Crippen molar-refractivity contribution in [3.05, 3.63) is 24.3 Å². The molecule has 1 fully saturated rings. The molecule has 0 heterocycles. The second kappa shape index (κ2) is 13.1. The predicted molar refractivity (Wildman–Crippen MR) is 101 cm³/mol. The molecule has 4 atom stereocenters. The van der Waals surface area contributed by atoms with Gasteiger partial charge < -0.3 is 14.9 Å². The number of esters is 1. The summed E-state index contributed by atoms with van der Waals surface area (Å²) in [6.45, 7) is 2.16. The lowest BCUT2D eigenvalue weighted by molar-refractivity contribution is -0.140. The quantitative estimate of drug-likeness (QED) is 0.314. The Morgan fingerprint density at radius 2 is 2.04 bits per heavy atom. The Hall–Kier alpha value is -1.13. The molecule has 0 aliphatic heterocycles. The van der Waals surface area contributed by atoms with Crippen LogP contribution in [0.5, 0.6) is 0 Å². The molecule has 0 bridgehead atoms. The first-order valence-electron chi connectivity index (χ1n) is 9.84. The zero-order valence-corrected chi connectivity index (χ0v) is 15.9. The van der Waals surface area contributed by atoms with Gasteiger partial charge in [0.25, 0.3) is 0 Å². The topological polar surface area (TPSA) is 66.8 Å². The normalized spacial score (nSPS) is 25.0. The number of allylic oxidation sites excluding steroid dienone is 2. The first-order chi connectivity index (χ1) is 12.1. The molecule has 1 aliphatic rings. The Morgan fingerprint density at radius 1 is 1.24 bits per heavy atom. The lowest BCUT2D eigenvalue weighted by atomic mass is 9.90. The number of hydrogen-bond donors (Lipinski definition) is 2. The minimum Gasteiger partial charge on any atom is -0.469 e. The summed E-state index contributed by atoms with van der Waals surface area (Å²) >= 11 is 0. The molecule has 1 aliphatic carbocycles. The fourth-order valence-electron chi connectivity index (χ4n) is 3.46. The lowest BCUT2D eigenvalue weighted by Crippen LogP contribution is -2.17. The first kappa shape index (κ1) is 21.9. The van der Waals surface area contributed by atoms with Crippen LogP contribution in [0, 0.1) is 11.8 Å². The van der Waals surface area contributed by atoms with E-state index in [9.17, 15) is 15.0 Å². The molecular weight excluding hydrogens is 316 g/mol. The van der Waals surface area contributed by atoms with E-state index in [-0.39, 0.29) is 18.0 Å². The summed E-state index contributed by atoms with van der Waals surface area (Å²) in [5.74, 6) is 0.418. The maximum Gasteiger partial charge on any atom is 0.305 e. The van der Waals surface area contributed by atoms with Crippen molar-refractivity contribution in [3.8, 4) is 0 Å². The van der Waals surface area contributed by atoms with Crippen LogP contribution in [0.25, 0.3) is 0 Å².